The van der Waals surface area contributed by atoms with Gasteiger partial charge in [0.1, 0.15) is 11.4 Å². The van der Waals surface area contributed by atoms with Crippen molar-refractivity contribution in [1.82, 2.24) is 9.55 Å². The summed E-state index contributed by atoms with van der Waals surface area (Å²) < 4.78 is 44.9. The molecule has 0 aliphatic carbocycles. The van der Waals surface area contributed by atoms with Gasteiger partial charge in [-0.15, -0.1) is 0 Å². The Kier molecular flexibility index (Phi) is 5.31. The molecule has 0 bridgehead atoms. The highest BCUT2D eigenvalue weighted by molar-refractivity contribution is 6.03. The molecule has 0 fully saturated rings. The fraction of sp³-hybridized carbons (Fsp3) is 0.318. The number of aryl methyl sites for hydroxylation is 1. The van der Waals surface area contributed by atoms with Crippen LogP contribution in [0, 0.1) is 0 Å². The van der Waals surface area contributed by atoms with Crippen LogP contribution >= 0.6 is 0 Å². The van der Waals surface area contributed by atoms with Crippen LogP contribution in [0.3, 0.4) is 0 Å². The molecule has 4 rings (SSSR count). The number of alkyl halides is 3. The molecule has 1 atom stereocenters. The number of halogens is 3. The normalized spacial score (nSPS) is 15.5. The third kappa shape index (κ3) is 3.55. The number of pyridine rings is 2. The number of hydrogen-bond donors (Lipinski definition) is 2. The molecule has 2 N–H and O–H groups in total. The number of aromatic nitrogens is 2. The van der Waals surface area contributed by atoms with Crippen LogP contribution in [-0.2, 0) is 23.9 Å². The van der Waals surface area contributed by atoms with E-state index in [-0.39, 0.29) is 13.2 Å². The number of anilines is 1. The summed E-state index contributed by atoms with van der Waals surface area (Å²) in [4.78, 5) is 29.1. The van der Waals surface area contributed by atoms with E-state index in [9.17, 15) is 27.9 Å². The molecule has 168 valence electrons. The van der Waals surface area contributed by atoms with Crippen LogP contribution in [0.1, 0.15) is 47.1 Å². The van der Waals surface area contributed by atoms with Crippen molar-refractivity contribution in [1.29, 1.82) is 0 Å². The van der Waals surface area contributed by atoms with Crippen molar-refractivity contribution in [3.63, 3.8) is 0 Å². The molecule has 2 aromatic heterocycles. The van der Waals surface area contributed by atoms with Gasteiger partial charge in [-0.3, -0.25) is 9.78 Å². The topological polar surface area (TPSA) is 93.5 Å². The SMILES string of the molecule is CCOC(=O)c1c(O)c2cc(CC)cc3c2n(c1=O)CC(c1ccc(C(F)(F)F)nc1)N3. The smallest absolute Gasteiger partial charge is 0.433 e. The number of esters is 1. The summed E-state index contributed by atoms with van der Waals surface area (Å²) >= 11 is 0. The number of carbonyl (C=O) groups excluding carboxylic acids is 1. The van der Waals surface area contributed by atoms with Crippen molar-refractivity contribution in [3.05, 3.63) is 63.2 Å². The summed E-state index contributed by atoms with van der Waals surface area (Å²) in [5.74, 6) is -1.39. The molecule has 0 radical (unpaired) electrons. The van der Waals surface area contributed by atoms with Crippen LogP contribution in [0.4, 0.5) is 18.9 Å². The van der Waals surface area contributed by atoms with Gasteiger partial charge in [-0.1, -0.05) is 13.0 Å². The van der Waals surface area contributed by atoms with Crippen molar-refractivity contribution >= 4 is 22.6 Å². The second-order valence-electron chi connectivity index (χ2n) is 7.42. The highest BCUT2D eigenvalue weighted by Crippen LogP contribution is 2.38. The minimum atomic E-state index is -4.56. The standard InChI is InChI=1S/C22H20F3N3O4/c1-3-11-7-13-18-14(8-11)27-15(12-5-6-16(26-9-12)22(23,24)25)10-28(18)20(30)17(19(13)29)21(31)32-4-2/h5-9,15,27,29H,3-4,10H2,1-2H3. The first-order valence-electron chi connectivity index (χ1n) is 10.0. The number of nitrogens with one attached hydrogen (secondary N) is 1. The van der Waals surface area contributed by atoms with Crippen LogP contribution in [0.5, 0.6) is 5.75 Å². The van der Waals surface area contributed by atoms with Crippen LogP contribution in [-0.4, -0.2) is 27.2 Å². The molecule has 1 unspecified atom stereocenters. The Balaban J connectivity index is 1.89. The Morgan fingerprint density at radius 3 is 2.66 bits per heavy atom. The lowest BCUT2D eigenvalue weighted by Crippen LogP contribution is -2.34. The van der Waals surface area contributed by atoms with Gasteiger partial charge in [0.15, 0.2) is 5.56 Å². The van der Waals surface area contributed by atoms with E-state index >= 15 is 0 Å². The molecule has 0 saturated heterocycles. The summed E-state index contributed by atoms with van der Waals surface area (Å²) in [6.07, 6.45) is -2.83. The molecule has 1 aliphatic rings. The molecule has 32 heavy (non-hydrogen) atoms. The van der Waals surface area contributed by atoms with Crippen LogP contribution in [0.25, 0.3) is 10.9 Å². The van der Waals surface area contributed by atoms with Crippen molar-refractivity contribution in [3.8, 4) is 5.75 Å². The molecule has 0 spiro atoms. The van der Waals surface area contributed by atoms with E-state index in [0.717, 1.165) is 17.8 Å². The first-order valence-corrected chi connectivity index (χ1v) is 10.0. The second-order valence-corrected chi connectivity index (χ2v) is 7.42. The number of hydrogen-bond acceptors (Lipinski definition) is 6. The number of carbonyl (C=O) groups is 1. The summed E-state index contributed by atoms with van der Waals surface area (Å²) in [5.41, 5.74) is -0.000349. The number of aromatic hydroxyl groups is 1. The molecule has 7 nitrogen and oxygen atoms in total. The Morgan fingerprint density at radius 2 is 2.06 bits per heavy atom. The number of benzene rings is 1. The zero-order valence-corrected chi connectivity index (χ0v) is 17.3. The molecule has 3 heterocycles. The lowest BCUT2D eigenvalue weighted by atomic mass is 9.99. The minimum Gasteiger partial charge on any atom is -0.506 e. The predicted octanol–water partition coefficient (Wildman–Crippen LogP) is 4.03. The lowest BCUT2D eigenvalue weighted by Gasteiger charge is -2.30. The summed E-state index contributed by atoms with van der Waals surface area (Å²) in [6, 6.07) is 5.12. The molecule has 0 saturated carbocycles. The molecular formula is C22H20F3N3O4. The molecule has 3 aromatic rings. The maximum absolute atomic E-state index is 13.2. The molecule has 1 aliphatic heterocycles. The van der Waals surface area contributed by atoms with E-state index in [0.29, 0.717) is 28.6 Å². The molecule has 0 amide bonds. The first-order chi connectivity index (χ1) is 15.2. The van der Waals surface area contributed by atoms with Crippen LogP contribution in [0.2, 0.25) is 0 Å². The van der Waals surface area contributed by atoms with Crippen molar-refractivity contribution in [2.45, 2.75) is 39.0 Å². The van der Waals surface area contributed by atoms with Gasteiger partial charge in [0.05, 0.1) is 30.4 Å². The maximum atomic E-state index is 13.2. The maximum Gasteiger partial charge on any atom is 0.433 e. The highest BCUT2D eigenvalue weighted by atomic mass is 19.4. The van der Waals surface area contributed by atoms with Gasteiger partial charge < -0.3 is 19.7 Å². The monoisotopic (exact) mass is 447 g/mol. The first kappa shape index (κ1) is 21.7. The van der Waals surface area contributed by atoms with Gasteiger partial charge in [-0.2, -0.15) is 13.2 Å². The van der Waals surface area contributed by atoms with Gasteiger partial charge in [0.25, 0.3) is 5.56 Å². The molecule has 1 aromatic carbocycles. The van der Waals surface area contributed by atoms with Gasteiger partial charge >= 0.3 is 12.1 Å². The van der Waals surface area contributed by atoms with Gasteiger partial charge in [-0.05, 0) is 42.7 Å². The van der Waals surface area contributed by atoms with E-state index in [4.69, 9.17) is 4.74 Å². The third-order valence-electron chi connectivity index (χ3n) is 5.45. The van der Waals surface area contributed by atoms with E-state index < -0.39 is 40.8 Å². The third-order valence-corrected chi connectivity index (χ3v) is 5.45. The number of rotatable bonds is 4. The van der Waals surface area contributed by atoms with Gasteiger partial charge in [0.2, 0.25) is 0 Å². The minimum absolute atomic E-state index is 0.0214. The zero-order chi connectivity index (χ0) is 23.2. The summed E-state index contributed by atoms with van der Waals surface area (Å²) in [7, 11) is 0. The Labute approximate surface area is 180 Å². The number of ether oxygens (including phenoxy) is 1. The molecular weight excluding hydrogens is 427 g/mol. The Morgan fingerprint density at radius 1 is 1.31 bits per heavy atom. The lowest BCUT2D eigenvalue weighted by molar-refractivity contribution is -0.141. The average molecular weight is 447 g/mol. The number of nitrogens with zero attached hydrogens (tertiary/aromatic N) is 2. The van der Waals surface area contributed by atoms with Crippen molar-refractivity contribution in [2.24, 2.45) is 0 Å². The average Bonchev–Trinajstić information content (AvgIpc) is 2.76. The van der Waals surface area contributed by atoms with E-state index in [2.05, 4.69) is 10.3 Å². The fourth-order valence-corrected chi connectivity index (χ4v) is 3.90. The Hall–Kier alpha value is -3.56. The van der Waals surface area contributed by atoms with Crippen molar-refractivity contribution < 1.29 is 27.8 Å². The largest absolute Gasteiger partial charge is 0.506 e. The van der Waals surface area contributed by atoms with Gasteiger partial charge in [-0.25, -0.2) is 4.79 Å². The van der Waals surface area contributed by atoms with Crippen molar-refractivity contribution in [2.75, 3.05) is 11.9 Å². The fourth-order valence-electron chi connectivity index (χ4n) is 3.90. The van der Waals surface area contributed by atoms with E-state index in [1.807, 2.05) is 13.0 Å². The highest BCUT2D eigenvalue weighted by Gasteiger charge is 2.33. The second kappa shape index (κ2) is 7.85. The summed E-state index contributed by atoms with van der Waals surface area (Å²) in [6.45, 7) is 3.54. The summed E-state index contributed by atoms with van der Waals surface area (Å²) in [5, 5.41) is 14.3. The quantitative estimate of drug-likeness (QED) is 0.587. The Bertz CT molecular complexity index is 1270. The van der Waals surface area contributed by atoms with Crippen LogP contribution < -0.4 is 10.9 Å². The van der Waals surface area contributed by atoms with E-state index in [1.165, 1.54) is 10.6 Å². The van der Waals surface area contributed by atoms with E-state index in [1.54, 1.807) is 13.0 Å². The molecule has 10 heteroatoms. The zero-order valence-electron chi connectivity index (χ0n) is 17.3. The van der Waals surface area contributed by atoms with Gasteiger partial charge in [0, 0.05) is 11.6 Å². The predicted molar refractivity (Wildman–Crippen MR) is 111 cm³/mol. The van der Waals surface area contributed by atoms with Crippen LogP contribution in [0.15, 0.2) is 35.3 Å².